The van der Waals surface area contributed by atoms with Crippen LogP contribution in [0.4, 0.5) is 0 Å². The second-order valence-corrected chi connectivity index (χ2v) is 4.11. The predicted octanol–water partition coefficient (Wildman–Crippen LogP) is 1.52. The van der Waals surface area contributed by atoms with E-state index in [9.17, 15) is 9.90 Å². The Kier molecular flexibility index (Phi) is 3.10. The molecule has 0 aliphatic carbocycles. The maximum atomic E-state index is 11.1. The molecule has 3 N–H and O–H groups in total. The summed E-state index contributed by atoms with van der Waals surface area (Å²) in [5.74, 6) is -1.01. The molecule has 0 radical (unpaired) electrons. The van der Waals surface area contributed by atoms with Crippen LogP contribution in [0.3, 0.4) is 0 Å². The van der Waals surface area contributed by atoms with Crippen LogP contribution in [0, 0.1) is 5.92 Å². The Morgan fingerprint density at radius 1 is 1.44 bits per heavy atom. The van der Waals surface area contributed by atoms with Crippen LogP contribution in [-0.2, 0) is 4.79 Å². The summed E-state index contributed by atoms with van der Waals surface area (Å²) in [6.45, 7) is 0.824. The number of hydrogen-bond donors (Lipinski definition) is 3. The van der Waals surface area contributed by atoms with Gasteiger partial charge in [-0.2, -0.15) is 0 Å². The molecule has 4 heteroatoms. The summed E-state index contributed by atoms with van der Waals surface area (Å²) in [5, 5.41) is 21.7. The van der Waals surface area contributed by atoms with Gasteiger partial charge in [-0.3, -0.25) is 4.79 Å². The van der Waals surface area contributed by atoms with Gasteiger partial charge in [-0.25, -0.2) is 0 Å². The van der Waals surface area contributed by atoms with Crippen LogP contribution in [0.1, 0.15) is 24.4 Å². The van der Waals surface area contributed by atoms with Gasteiger partial charge in [0.15, 0.2) is 0 Å². The SMILES string of the molecule is O=C(O)C1CCCNC1c1cccc(O)c1. The summed E-state index contributed by atoms with van der Waals surface area (Å²) < 4.78 is 0. The molecule has 1 saturated heterocycles. The highest BCUT2D eigenvalue weighted by molar-refractivity contribution is 5.71. The van der Waals surface area contributed by atoms with E-state index in [0.717, 1.165) is 18.5 Å². The van der Waals surface area contributed by atoms with Gasteiger partial charge < -0.3 is 15.5 Å². The first-order valence-electron chi connectivity index (χ1n) is 5.43. The maximum absolute atomic E-state index is 11.1. The Morgan fingerprint density at radius 3 is 2.94 bits per heavy atom. The van der Waals surface area contributed by atoms with E-state index >= 15 is 0 Å². The fourth-order valence-electron chi connectivity index (χ4n) is 2.22. The van der Waals surface area contributed by atoms with Crippen LogP contribution in [-0.4, -0.2) is 22.7 Å². The standard InChI is InChI=1S/C12H15NO3/c14-9-4-1-3-8(7-9)11-10(12(15)16)5-2-6-13-11/h1,3-4,7,10-11,13-14H,2,5-6H2,(H,15,16). The number of piperidine rings is 1. The Hall–Kier alpha value is -1.55. The van der Waals surface area contributed by atoms with Crippen LogP contribution < -0.4 is 5.32 Å². The normalized spacial score (nSPS) is 25.2. The molecule has 2 rings (SSSR count). The molecular formula is C12H15NO3. The van der Waals surface area contributed by atoms with Crippen molar-refractivity contribution in [2.24, 2.45) is 5.92 Å². The van der Waals surface area contributed by atoms with Crippen molar-refractivity contribution in [3.63, 3.8) is 0 Å². The lowest BCUT2D eigenvalue weighted by Gasteiger charge is -2.30. The molecule has 0 spiro atoms. The van der Waals surface area contributed by atoms with Crippen molar-refractivity contribution in [2.75, 3.05) is 6.54 Å². The first-order chi connectivity index (χ1) is 7.68. The Bertz CT molecular complexity index is 392. The average Bonchev–Trinajstić information content (AvgIpc) is 2.29. The quantitative estimate of drug-likeness (QED) is 0.708. The predicted molar refractivity (Wildman–Crippen MR) is 59.2 cm³/mol. The number of aliphatic carboxylic acids is 1. The van der Waals surface area contributed by atoms with E-state index in [1.165, 1.54) is 0 Å². The van der Waals surface area contributed by atoms with Gasteiger partial charge in [0.2, 0.25) is 0 Å². The first kappa shape index (κ1) is 11.0. The van der Waals surface area contributed by atoms with Crippen molar-refractivity contribution in [3.8, 4) is 5.75 Å². The molecule has 86 valence electrons. The van der Waals surface area contributed by atoms with E-state index in [-0.39, 0.29) is 11.8 Å². The minimum Gasteiger partial charge on any atom is -0.508 e. The van der Waals surface area contributed by atoms with Crippen LogP contribution in [0.25, 0.3) is 0 Å². The van der Waals surface area contributed by atoms with Gasteiger partial charge in [0.05, 0.1) is 5.92 Å². The van der Waals surface area contributed by atoms with Gasteiger partial charge in [0, 0.05) is 6.04 Å². The van der Waals surface area contributed by atoms with Gasteiger partial charge in [-0.1, -0.05) is 12.1 Å². The molecule has 1 heterocycles. The highest BCUT2D eigenvalue weighted by atomic mass is 16.4. The fraction of sp³-hybridized carbons (Fsp3) is 0.417. The highest BCUT2D eigenvalue weighted by Crippen LogP contribution is 2.30. The third kappa shape index (κ3) is 2.17. The number of aromatic hydroxyl groups is 1. The van der Waals surface area contributed by atoms with Crippen molar-refractivity contribution < 1.29 is 15.0 Å². The zero-order valence-corrected chi connectivity index (χ0v) is 8.89. The summed E-state index contributed by atoms with van der Waals surface area (Å²) in [4.78, 5) is 11.1. The summed E-state index contributed by atoms with van der Waals surface area (Å²) >= 11 is 0. The Labute approximate surface area is 93.9 Å². The zero-order chi connectivity index (χ0) is 11.5. The number of carboxylic acid groups (broad SMARTS) is 1. The van der Waals surface area contributed by atoms with E-state index in [0.29, 0.717) is 6.42 Å². The largest absolute Gasteiger partial charge is 0.508 e. The third-order valence-corrected chi connectivity index (χ3v) is 3.01. The number of phenolic OH excluding ortho intramolecular Hbond substituents is 1. The van der Waals surface area contributed by atoms with Crippen molar-refractivity contribution >= 4 is 5.97 Å². The minimum absolute atomic E-state index is 0.175. The summed E-state index contributed by atoms with van der Waals surface area (Å²) in [6.07, 6.45) is 1.56. The van der Waals surface area contributed by atoms with Gasteiger partial charge in [0.25, 0.3) is 0 Å². The molecule has 1 aliphatic rings. The van der Waals surface area contributed by atoms with Crippen molar-refractivity contribution in [2.45, 2.75) is 18.9 Å². The van der Waals surface area contributed by atoms with Crippen LogP contribution in [0.15, 0.2) is 24.3 Å². The first-order valence-corrected chi connectivity index (χ1v) is 5.43. The summed E-state index contributed by atoms with van der Waals surface area (Å²) in [5.41, 5.74) is 0.840. The number of benzene rings is 1. The van der Waals surface area contributed by atoms with Crippen LogP contribution in [0.5, 0.6) is 5.75 Å². The second-order valence-electron chi connectivity index (χ2n) is 4.11. The summed E-state index contributed by atoms with van der Waals surface area (Å²) in [7, 11) is 0. The van der Waals surface area contributed by atoms with Gasteiger partial charge in [-0.05, 0) is 37.1 Å². The van der Waals surface area contributed by atoms with Gasteiger partial charge in [-0.15, -0.1) is 0 Å². The average molecular weight is 221 g/mol. The zero-order valence-electron chi connectivity index (χ0n) is 8.89. The monoisotopic (exact) mass is 221 g/mol. The molecule has 0 bridgehead atoms. The number of carbonyl (C=O) groups is 1. The topological polar surface area (TPSA) is 69.6 Å². The molecule has 1 aromatic rings. The fourth-order valence-corrected chi connectivity index (χ4v) is 2.22. The van der Waals surface area contributed by atoms with Crippen molar-refractivity contribution in [3.05, 3.63) is 29.8 Å². The smallest absolute Gasteiger partial charge is 0.308 e. The molecule has 0 amide bonds. The Balaban J connectivity index is 2.26. The number of phenols is 1. The van der Waals surface area contributed by atoms with E-state index in [1.54, 1.807) is 18.2 Å². The molecular weight excluding hydrogens is 206 g/mol. The van der Waals surface area contributed by atoms with Crippen LogP contribution in [0.2, 0.25) is 0 Å². The molecule has 0 aromatic heterocycles. The molecule has 0 saturated carbocycles. The van der Waals surface area contributed by atoms with Gasteiger partial charge in [0.1, 0.15) is 5.75 Å². The lowest BCUT2D eigenvalue weighted by atomic mass is 9.86. The maximum Gasteiger partial charge on any atom is 0.308 e. The molecule has 1 fully saturated rings. The molecule has 1 aromatic carbocycles. The van der Waals surface area contributed by atoms with Crippen molar-refractivity contribution in [1.29, 1.82) is 0 Å². The summed E-state index contributed by atoms with van der Waals surface area (Å²) in [6, 6.07) is 6.60. The molecule has 1 aliphatic heterocycles. The number of carboxylic acids is 1. The second kappa shape index (κ2) is 4.53. The minimum atomic E-state index is -0.777. The molecule has 16 heavy (non-hydrogen) atoms. The molecule has 2 unspecified atom stereocenters. The lowest BCUT2D eigenvalue weighted by molar-refractivity contribution is -0.143. The van der Waals surface area contributed by atoms with E-state index in [4.69, 9.17) is 5.11 Å². The number of nitrogens with one attached hydrogen (secondary N) is 1. The molecule has 4 nitrogen and oxygen atoms in total. The van der Waals surface area contributed by atoms with E-state index in [2.05, 4.69) is 5.32 Å². The molecule has 2 atom stereocenters. The van der Waals surface area contributed by atoms with Crippen molar-refractivity contribution in [1.82, 2.24) is 5.32 Å². The number of hydrogen-bond acceptors (Lipinski definition) is 3. The lowest BCUT2D eigenvalue weighted by Crippen LogP contribution is -2.38. The Morgan fingerprint density at radius 2 is 2.25 bits per heavy atom. The van der Waals surface area contributed by atoms with E-state index < -0.39 is 11.9 Å². The third-order valence-electron chi connectivity index (χ3n) is 3.01. The van der Waals surface area contributed by atoms with Gasteiger partial charge >= 0.3 is 5.97 Å². The van der Waals surface area contributed by atoms with E-state index in [1.807, 2.05) is 6.07 Å². The highest BCUT2D eigenvalue weighted by Gasteiger charge is 2.31. The number of rotatable bonds is 2. The van der Waals surface area contributed by atoms with Crippen LogP contribution >= 0.6 is 0 Å².